The van der Waals surface area contributed by atoms with Gasteiger partial charge in [0.1, 0.15) is 0 Å². The number of aliphatic imine (C=N–C) groups is 1. The third kappa shape index (κ3) is 5.11. The lowest BCUT2D eigenvalue weighted by Crippen LogP contribution is -2.30. The van der Waals surface area contributed by atoms with Crippen LogP contribution in [0.5, 0.6) is 11.5 Å². The number of anilines is 1. The van der Waals surface area contributed by atoms with Crippen LogP contribution in [-0.2, 0) is 16.6 Å². The van der Waals surface area contributed by atoms with E-state index in [1.54, 1.807) is 23.5 Å². The molecule has 0 aliphatic carbocycles. The van der Waals surface area contributed by atoms with Crippen molar-refractivity contribution in [3.63, 3.8) is 0 Å². The second-order valence-electron chi connectivity index (χ2n) is 7.52. The summed E-state index contributed by atoms with van der Waals surface area (Å²) in [7, 11) is -1.69. The van der Waals surface area contributed by atoms with Gasteiger partial charge in [-0.05, 0) is 42.7 Å². The van der Waals surface area contributed by atoms with Gasteiger partial charge < -0.3 is 20.1 Å². The molecule has 2 N–H and O–H groups in total. The van der Waals surface area contributed by atoms with Crippen LogP contribution < -0.4 is 20.1 Å². The topological polar surface area (TPSA) is 92.3 Å². The van der Waals surface area contributed by atoms with Gasteiger partial charge in [-0.2, -0.15) is 4.31 Å². The molecule has 9 heteroatoms. The van der Waals surface area contributed by atoms with Crippen molar-refractivity contribution >= 4 is 21.7 Å². The molecule has 1 saturated heterocycles. The number of guanidine groups is 1. The maximum absolute atomic E-state index is 12.6. The molecular weight excluding hydrogens is 416 g/mol. The summed E-state index contributed by atoms with van der Waals surface area (Å²) in [5.41, 5.74) is 1.80. The Bertz CT molecular complexity index is 1030. The van der Waals surface area contributed by atoms with Crippen LogP contribution in [0.3, 0.4) is 0 Å². The lowest BCUT2D eigenvalue weighted by molar-refractivity contribution is 0.297. The summed E-state index contributed by atoms with van der Waals surface area (Å²) < 4.78 is 38.2. The Morgan fingerprint density at radius 1 is 1.00 bits per heavy atom. The summed E-state index contributed by atoms with van der Waals surface area (Å²) in [6.07, 6.45) is 2.71. The summed E-state index contributed by atoms with van der Waals surface area (Å²) in [5, 5.41) is 6.49. The molecule has 2 aromatic rings. The van der Waals surface area contributed by atoms with E-state index >= 15 is 0 Å². The standard InChI is InChI=1S/C22H28N4O4S/c1-23-22(25-18-7-10-20-21(15-18)30-14-4-13-29-20)24-16-17-5-8-19(9-6-17)31(27,28)26-11-2-3-12-26/h5-10,15H,2-4,11-14,16H2,1H3,(H2,23,24,25). The largest absolute Gasteiger partial charge is 0.490 e. The molecule has 4 rings (SSSR count). The van der Waals surface area contributed by atoms with Crippen LogP contribution in [-0.4, -0.2) is 52.0 Å². The van der Waals surface area contributed by atoms with Gasteiger partial charge in [-0.3, -0.25) is 4.99 Å². The van der Waals surface area contributed by atoms with E-state index in [-0.39, 0.29) is 0 Å². The number of rotatable bonds is 5. The van der Waals surface area contributed by atoms with E-state index in [0.29, 0.717) is 49.5 Å². The highest BCUT2D eigenvalue weighted by atomic mass is 32.2. The molecule has 0 unspecified atom stereocenters. The van der Waals surface area contributed by atoms with Gasteiger partial charge in [0.15, 0.2) is 17.5 Å². The van der Waals surface area contributed by atoms with Crippen molar-refractivity contribution in [1.82, 2.24) is 9.62 Å². The smallest absolute Gasteiger partial charge is 0.243 e. The van der Waals surface area contributed by atoms with Gasteiger partial charge >= 0.3 is 0 Å². The predicted octanol–water partition coefficient (Wildman–Crippen LogP) is 2.82. The van der Waals surface area contributed by atoms with Crippen LogP contribution in [0, 0.1) is 0 Å². The quantitative estimate of drug-likeness (QED) is 0.544. The normalized spacial score (nSPS) is 17.3. The molecule has 0 amide bonds. The second-order valence-corrected chi connectivity index (χ2v) is 9.46. The van der Waals surface area contributed by atoms with Crippen molar-refractivity contribution in [3.8, 4) is 11.5 Å². The molecule has 0 saturated carbocycles. The van der Waals surface area contributed by atoms with E-state index < -0.39 is 10.0 Å². The highest BCUT2D eigenvalue weighted by Gasteiger charge is 2.26. The van der Waals surface area contributed by atoms with Crippen LogP contribution in [0.2, 0.25) is 0 Å². The van der Waals surface area contributed by atoms with Gasteiger partial charge in [0, 0.05) is 44.9 Å². The van der Waals surface area contributed by atoms with Crippen molar-refractivity contribution < 1.29 is 17.9 Å². The van der Waals surface area contributed by atoms with Crippen LogP contribution in [0.1, 0.15) is 24.8 Å². The van der Waals surface area contributed by atoms with Gasteiger partial charge in [-0.1, -0.05) is 12.1 Å². The molecule has 0 spiro atoms. The maximum Gasteiger partial charge on any atom is 0.243 e. The minimum absolute atomic E-state index is 0.341. The Labute approximate surface area is 183 Å². The fraction of sp³-hybridized carbons (Fsp3) is 0.409. The molecule has 2 aliphatic rings. The van der Waals surface area contributed by atoms with Gasteiger partial charge in [0.25, 0.3) is 0 Å². The van der Waals surface area contributed by atoms with Crippen LogP contribution in [0.25, 0.3) is 0 Å². The number of sulfonamides is 1. The zero-order chi connectivity index (χ0) is 21.7. The molecule has 0 radical (unpaired) electrons. The third-order valence-corrected chi connectivity index (χ3v) is 7.23. The number of nitrogens with one attached hydrogen (secondary N) is 2. The summed E-state index contributed by atoms with van der Waals surface area (Å²) in [6, 6.07) is 12.7. The molecule has 8 nitrogen and oxygen atoms in total. The van der Waals surface area contributed by atoms with Crippen molar-refractivity contribution in [1.29, 1.82) is 0 Å². The minimum atomic E-state index is -3.39. The lowest BCUT2D eigenvalue weighted by Gasteiger charge is -2.16. The monoisotopic (exact) mass is 444 g/mol. The van der Waals surface area contributed by atoms with E-state index in [0.717, 1.165) is 36.3 Å². The molecule has 2 aromatic carbocycles. The molecule has 166 valence electrons. The van der Waals surface area contributed by atoms with Crippen molar-refractivity contribution in [2.75, 3.05) is 38.7 Å². The number of ether oxygens (including phenoxy) is 2. The van der Waals surface area contributed by atoms with Gasteiger partial charge in [-0.25, -0.2) is 8.42 Å². The number of nitrogens with zero attached hydrogens (tertiary/aromatic N) is 2. The van der Waals surface area contributed by atoms with E-state index in [4.69, 9.17) is 9.47 Å². The Morgan fingerprint density at radius 3 is 2.42 bits per heavy atom. The average molecular weight is 445 g/mol. The average Bonchev–Trinajstić information content (AvgIpc) is 3.24. The molecule has 2 heterocycles. The highest BCUT2D eigenvalue weighted by molar-refractivity contribution is 7.89. The van der Waals surface area contributed by atoms with E-state index in [9.17, 15) is 8.42 Å². The van der Waals surface area contributed by atoms with Crippen LogP contribution in [0.15, 0.2) is 52.4 Å². The predicted molar refractivity (Wildman–Crippen MR) is 120 cm³/mol. The van der Waals surface area contributed by atoms with Crippen molar-refractivity contribution in [2.24, 2.45) is 4.99 Å². The Kier molecular flexibility index (Phi) is 6.62. The summed E-state index contributed by atoms with van der Waals surface area (Å²) >= 11 is 0. The number of hydrogen-bond acceptors (Lipinski definition) is 5. The van der Waals surface area contributed by atoms with Crippen LogP contribution in [0.4, 0.5) is 5.69 Å². The summed E-state index contributed by atoms with van der Waals surface area (Å²) in [5.74, 6) is 2.06. The number of benzene rings is 2. The molecular formula is C22H28N4O4S. The molecule has 0 aromatic heterocycles. The fourth-order valence-corrected chi connectivity index (χ4v) is 5.12. The maximum atomic E-state index is 12.6. The second kappa shape index (κ2) is 9.57. The third-order valence-electron chi connectivity index (χ3n) is 5.32. The Balaban J connectivity index is 1.36. The summed E-state index contributed by atoms with van der Waals surface area (Å²) in [6.45, 7) is 3.00. The molecule has 2 aliphatic heterocycles. The van der Waals surface area contributed by atoms with E-state index in [1.807, 2.05) is 30.3 Å². The molecule has 31 heavy (non-hydrogen) atoms. The first-order chi connectivity index (χ1) is 15.1. The number of hydrogen-bond donors (Lipinski definition) is 2. The van der Waals surface area contributed by atoms with Gasteiger partial charge in [0.05, 0.1) is 18.1 Å². The number of fused-ring (bicyclic) bond motifs is 1. The SMILES string of the molecule is CN=C(NCc1ccc(S(=O)(=O)N2CCCC2)cc1)Nc1ccc2c(c1)OCCCO2. The molecule has 1 fully saturated rings. The zero-order valence-corrected chi connectivity index (χ0v) is 18.5. The summed E-state index contributed by atoms with van der Waals surface area (Å²) in [4.78, 5) is 4.60. The van der Waals surface area contributed by atoms with Crippen molar-refractivity contribution in [2.45, 2.75) is 30.7 Å². The van der Waals surface area contributed by atoms with Gasteiger partial charge in [-0.15, -0.1) is 0 Å². The fourth-order valence-electron chi connectivity index (χ4n) is 3.60. The van der Waals surface area contributed by atoms with E-state index in [2.05, 4.69) is 15.6 Å². The Morgan fingerprint density at radius 2 is 1.71 bits per heavy atom. The zero-order valence-electron chi connectivity index (χ0n) is 17.6. The molecule has 0 bridgehead atoms. The Hall–Kier alpha value is -2.78. The lowest BCUT2D eigenvalue weighted by atomic mass is 10.2. The first kappa shape index (κ1) is 21.5. The first-order valence-corrected chi connectivity index (χ1v) is 12.0. The first-order valence-electron chi connectivity index (χ1n) is 10.5. The highest BCUT2D eigenvalue weighted by Crippen LogP contribution is 2.32. The minimum Gasteiger partial charge on any atom is -0.490 e. The van der Waals surface area contributed by atoms with Gasteiger partial charge in [0.2, 0.25) is 10.0 Å². The van der Waals surface area contributed by atoms with E-state index in [1.165, 1.54) is 0 Å². The molecule has 0 atom stereocenters. The van der Waals surface area contributed by atoms with Crippen LogP contribution >= 0.6 is 0 Å². The van der Waals surface area contributed by atoms with Crippen molar-refractivity contribution in [3.05, 3.63) is 48.0 Å².